The zero-order valence-corrected chi connectivity index (χ0v) is 34.3. The summed E-state index contributed by atoms with van der Waals surface area (Å²) in [6.45, 7) is 37.7. The maximum Gasteiger partial charge on any atom is 0.230 e. The minimum Gasteiger partial charge on any atom is -0.345 e. The predicted molar refractivity (Wildman–Crippen MR) is 221 cm³/mol. The van der Waals surface area contributed by atoms with Crippen molar-refractivity contribution in [3.8, 4) is 0 Å². The Morgan fingerprint density at radius 3 is 1.79 bits per heavy atom. The van der Waals surface area contributed by atoms with Gasteiger partial charge in [0.2, 0.25) is 5.91 Å². The number of aryl methyl sites for hydroxylation is 1. The summed E-state index contributed by atoms with van der Waals surface area (Å²) in [5.41, 5.74) is 5.84. The van der Waals surface area contributed by atoms with Crippen molar-refractivity contribution in [1.29, 1.82) is 0 Å². The Balaban J connectivity index is -0.000000233. The second-order valence-electron chi connectivity index (χ2n) is 9.29. The third kappa shape index (κ3) is 24.7. The van der Waals surface area contributed by atoms with Crippen LogP contribution in [0.25, 0.3) is 6.08 Å². The Morgan fingerprint density at radius 2 is 1.35 bits per heavy atom. The summed E-state index contributed by atoms with van der Waals surface area (Å²) in [7, 11) is 0. The number of anilines is 1. The molecule has 0 unspecified atom stereocenters. The molecule has 276 valence electrons. The Kier molecular flexibility index (Phi) is 46.9. The molecule has 1 fully saturated rings. The fourth-order valence-electron chi connectivity index (χ4n) is 4.47. The number of amides is 1. The molecule has 4 rings (SSSR count). The quantitative estimate of drug-likeness (QED) is 0.281. The molecule has 2 aromatic carbocycles. The lowest BCUT2D eigenvalue weighted by Crippen LogP contribution is -2.36. The Hall–Kier alpha value is -3.40. The van der Waals surface area contributed by atoms with E-state index >= 15 is 0 Å². The number of carbonyl (C=O) groups is 2. The van der Waals surface area contributed by atoms with Gasteiger partial charge >= 0.3 is 0 Å². The Bertz CT molecular complexity index is 1020. The standard InChI is InChI=1S/C24H29NO.C7H11N.6C2H6.CH2O/c1-3-8-20-9-7-12-23(17-20)25(18-21-15-13-19(2)14-16-21)24(26)22-10-5-4-6-11-22;1-3-5-8-6-7(8)4-2;7*1-2/h3,7-9,12-17,22H,4-6,10-11,18H2,1-2H3;4,6H,2-3,5H2,1H3;6*1-2H3;1H2/b8-3+;;;;;;;;. The van der Waals surface area contributed by atoms with Crippen LogP contribution in [0.5, 0.6) is 0 Å². The highest BCUT2D eigenvalue weighted by Gasteiger charge is 2.27. The van der Waals surface area contributed by atoms with Crippen molar-refractivity contribution >= 4 is 24.5 Å². The molecule has 1 saturated carbocycles. The first-order valence-electron chi connectivity index (χ1n) is 19.0. The van der Waals surface area contributed by atoms with Gasteiger partial charge in [0.05, 0.1) is 12.2 Å². The summed E-state index contributed by atoms with van der Waals surface area (Å²) >= 11 is 0. The number of hydrogen-bond acceptors (Lipinski definition) is 3. The van der Waals surface area contributed by atoms with E-state index in [4.69, 9.17) is 4.79 Å². The van der Waals surface area contributed by atoms with Crippen LogP contribution >= 0.6 is 0 Å². The topological polar surface area (TPSA) is 40.4 Å². The van der Waals surface area contributed by atoms with Crippen LogP contribution in [0.15, 0.2) is 79.2 Å². The van der Waals surface area contributed by atoms with Gasteiger partial charge in [-0.15, -0.1) is 0 Å². The zero-order chi connectivity index (χ0) is 38.3. The first-order chi connectivity index (χ1) is 23.5. The molecule has 4 heteroatoms. The van der Waals surface area contributed by atoms with Gasteiger partial charge in [0.1, 0.15) is 6.79 Å². The molecule has 0 atom stereocenters. The van der Waals surface area contributed by atoms with Crippen LogP contribution in [-0.2, 0) is 16.1 Å². The van der Waals surface area contributed by atoms with Gasteiger partial charge in [0, 0.05) is 24.4 Å². The monoisotopic (exact) mass is 667 g/mol. The number of carbonyl (C=O) groups excluding carboxylic acids is 2. The van der Waals surface area contributed by atoms with Gasteiger partial charge in [0.15, 0.2) is 0 Å². The molecule has 0 bridgehead atoms. The Labute approximate surface area is 300 Å². The normalized spacial score (nSPS) is 11.7. The van der Waals surface area contributed by atoms with Gasteiger partial charge in [-0.1, -0.05) is 170 Å². The lowest BCUT2D eigenvalue weighted by molar-refractivity contribution is -0.123. The molecule has 2 aromatic rings. The third-order valence-corrected chi connectivity index (χ3v) is 6.45. The second-order valence-corrected chi connectivity index (χ2v) is 9.29. The van der Waals surface area contributed by atoms with E-state index in [1.807, 2.05) is 120 Å². The van der Waals surface area contributed by atoms with Crippen molar-refractivity contribution in [2.75, 3.05) is 11.4 Å². The van der Waals surface area contributed by atoms with Crippen molar-refractivity contribution < 1.29 is 9.59 Å². The lowest BCUT2D eigenvalue weighted by atomic mass is 9.88. The summed E-state index contributed by atoms with van der Waals surface area (Å²) < 4.78 is 0. The molecule has 0 aromatic heterocycles. The van der Waals surface area contributed by atoms with Crippen LogP contribution in [-0.4, -0.2) is 24.1 Å². The van der Waals surface area contributed by atoms with Crippen LogP contribution in [0.1, 0.15) is 152 Å². The van der Waals surface area contributed by atoms with Gasteiger partial charge in [0.25, 0.3) is 0 Å². The Morgan fingerprint density at radius 1 is 0.833 bits per heavy atom. The van der Waals surface area contributed by atoms with Crippen LogP contribution in [0, 0.1) is 12.8 Å². The van der Waals surface area contributed by atoms with E-state index < -0.39 is 0 Å². The maximum absolute atomic E-state index is 13.3. The highest BCUT2D eigenvalue weighted by atomic mass is 16.2. The molecule has 0 N–H and O–H groups in total. The SMILES string of the molecule is C/C=C/c1cccc(N(Cc2ccc(C)cc2)C(=O)C2CCCCC2)c1.C=CC1=CN1CCC.C=O.CC.CC.CC.CC.CC.CC. The summed E-state index contributed by atoms with van der Waals surface area (Å²) in [5, 5.41) is 0. The molecule has 1 aliphatic heterocycles. The molecular formula is C44H78N2O2. The fraction of sp³-hybridized carbons (Fsp3) is 0.545. The van der Waals surface area contributed by atoms with Crippen LogP contribution in [0.3, 0.4) is 0 Å². The highest BCUT2D eigenvalue weighted by molar-refractivity contribution is 5.95. The average Bonchev–Trinajstić information content (AvgIpc) is 3.96. The smallest absolute Gasteiger partial charge is 0.230 e. The first kappa shape index (κ1) is 54.1. The minimum absolute atomic E-state index is 0.166. The molecular weight excluding hydrogens is 588 g/mol. The summed E-state index contributed by atoms with van der Waals surface area (Å²) in [4.78, 5) is 25.5. The highest BCUT2D eigenvalue weighted by Crippen LogP contribution is 2.29. The van der Waals surface area contributed by atoms with Gasteiger partial charge < -0.3 is 14.6 Å². The number of benzene rings is 2. The fourth-order valence-corrected chi connectivity index (χ4v) is 4.47. The van der Waals surface area contributed by atoms with Gasteiger partial charge in [-0.05, 0) is 62.4 Å². The number of hydrogen-bond donors (Lipinski definition) is 0. The second kappa shape index (κ2) is 41.6. The molecule has 48 heavy (non-hydrogen) atoms. The lowest BCUT2D eigenvalue weighted by Gasteiger charge is -2.30. The van der Waals surface area contributed by atoms with E-state index in [1.165, 1.54) is 42.5 Å². The van der Waals surface area contributed by atoms with E-state index in [1.54, 1.807) is 0 Å². The van der Waals surface area contributed by atoms with E-state index in [0.717, 1.165) is 30.6 Å². The molecule has 0 radical (unpaired) electrons. The van der Waals surface area contributed by atoms with Crippen molar-refractivity contribution in [2.45, 2.75) is 149 Å². The van der Waals surface area contributed by atoms with Crippen LogP contribution < -0.4 is 4.90 Å². The van der Waals surface area contributed by atoms with E-state index in [2.05, 4.69) is 80.1 Å². The molecule has 0 saturated heterocycles. The van der Waals surface area contributed by atoms with Gasteiger partial charge in [-0.3, -0.25) is 4.79 Å². The maximum atomic E-state index is 13.3. The molecule has 1 heterocycles. The number of rotatable bonds is 8. The predicted octanol–water partition coefficient (Wildman–Crippen LogP) is 13.9. The van der Waals surface area contributed by atoms with E-state index in [0.29, 0.717) is 6.54 Å². The van der Waals surface area contributed by atoms with Crippen molar-refractivity contribution in [3.63, 3.8) is 0 Å². The third-order valence-electron chi connectivity index (χ3n) is 6.45. The minimum atomic E-state index is 0.166. The summed E-state index contributed by atoms with van der Waals surface area (Å²) in [6.07, 6.45) is 15.0. The van der Waals surface area contributed by atoms with Crippen molar-refractivity contribution in [3.05, 3.63) is 95.8 Å². The number of nitrogens with zero attached hydrogens (tertiary/aromatic N) is 2. The van der Waals surface area contributed by atoms with E-state index in [9.17, 15) is 4.79 Å². The molecule has 1 amide bonds. The van der Waals surface area contributed by atoms with Crippen molar-refractivity contribution in [2.24, 2.45) is 5.92 Å². The summed E-state index contributed by atoms with van der Waals surface area (Å²) in [5.74, 6) is 0.447. The molecule has 2 aliphatic rings. The molecule has 4 nitrogen and oxygen atoms in total. The molecule has 1 aliphatic carbocycles. The largest absolute Gasteiger partial charge is 0.345 e. The van der Waals surface area contributed by atoms with Crippen molar-refractivity contribution in [1.82, 2.24) is 4.90 Å². The number of allylic oxidation sites excluding steroid dienone is 2. The van der Waals surface area contributed by atoms with Crippen LogP contribution in [0.4, 0.5) is 5.69 Å². The van der Waals surface area contributed by atoms with Gasteiger partial charge in [-0.2, -0.15) is 0 Å². The molecule has 0 spiro atoms. The zero-order valence-electron chi connectivity index (χ0n) is 34.3. The summed E-state index contributed by atoms with van der Waals surface area (Å²) in [6, 6.07) is 16.8. The van der Waals surface area contributed by atoms with Gasteiger partial charge in [-0.25, -0.2) is 0 Å². The first-order valence-corrected chi connectivity index (χ1v) is 19.0. The average molecular weight is 667 g/mol. The van der Waals surface area contributed by atoms with E-state index in [-0.39, 0.29) is 11.8 Å². The van der Waals surface area contributed by atoms with Crippen LogP contribution in [0.2, 0.25) is 0 Å².